The number of amides is 2. The Hall–Kier alpha value is -2.92. The summed E-state index contributed by atoms with van der Waals surface area (Å²) in [6, 6.07) is 8.24. The number of hydrogen-bond donors (Lipinski definition) is 2. The van der Waals surface area contributed by atoms with E-state index < -0.39 is 51.1 Å². The van der Waals surface area contributed by atoms with E-state index in [1.807, 2.05) is 0 Å². The lowest BCUT2D eigenvalue weighted by Crippen LogP contribution is -2.55. The Morgan fingerprint density at radius 1 is 1.13 bits per heavy atom. The number of carbonyl (C=O) groups is 2. The van der Waals surface area contributed by atoms with Crippen LogP contribution in [0.25, 0.3) is 0 Å². The highest BCUT2D eigenvalue weighted by atomic mass is 32.2. The number of nitrogens with zero attached hydrogens (tertiary/aromatic N) is 1. The van der Waals surface area contributed by atoms with Gasteiger partial charge in [-0.1, -0.05) is 25.1 Å². The molecule has 0 spiro atoms. The fourth-order valence-corrected chi connectivity index (χ4v) is 6.51. The van der Waals surface area contributed by atoms with Crippen LogP contribution < -0.4 is 5.32 Å². The molecule has 0 unspecified atom stereocenters. The van der Waals surface area contributed by atoms with E-state index in [1.165, 1.54) is 48.2 Å². The molecule has 1 heterocycles. The highest BCUT2D eigenvalue weighted by molar-refractivity contribution is 7.91. The molecule has 7 nitrogen and oxygen atoms in total. The van der Waals surface area contributed by atoms with Crippen molar-refractivity contribution in [1.82, 2.24) is 10.2 Å². The van der Waals surface area contributed by atoms with Gasteiger partial charge in [-0.05, 0) is 73.9 Å². The number of alkyl halides is 3. The van der Waals surface area contributed by atoms with Gasteiger partial charge in [0.05, 0.1) is 27.9 Å². The Balaban J connectivity index is 1.39. The summed E-state index contributed by atoms with van der Waals surface area (Å²) >= 11 is 0. The molecule has 2 aromatic carbocycles. The molecule has 5 rings (SSSR count). The Kier molecular flexibility index (Phi) is 6.58. The number of likely N-dealkylation sites (tertiary alicyclic amines) is 1. The number of halogens is 3. The monoisotopic (exact) mass is 550 g/mol. The van der Waals surface area contributed by atoms with E-state index in [-0.39, 0.29) is 28.2 Å². The molecule has 3 aliphatic rings. The SMILES string of the molecule is CCS(=O)(=O)c1cccc(C(=O)N2[C@@H](C(=O)N[C@@H](c3ccc(C(F)(F)F)cc3)C3(O)CCC3)C[C@H]3C[C@H]32)c1. The zero-order chi connectivity index (χ0) is 27.5. The van der Waals surface area contributed by atoms with Crippen LogP contribution >= 0.6 is 0 Å². The highest BCUT2D eigenvalue weighted by Gasteiger charge is 2.57. The van der Waals surface area contributed by atoms with E-state index in [1.54, 1.807) is 0 Å². The summed E-state index contributed by atoms with van der Waals surface area (Å²) in [6.45, 7) is 1.52. The quantitative estimate of drug-likeness (QED) is 0.545. The molecule has 0 radical (unpaired) electrons. The molecule has 204 valence electrons. The number of piperidine rings is 1. The summed E-state index contributed by atoms with van der Waals surface area (Å²) in [6.07, 6.45) is -1.85. The number of benzene rings is 2. The van der Waals surface area contributed by atoms with Crippen LogP contribution in [0.15, 0.2) is 53.4 Å². The van der Waals surface area contributed by atoms with Gasteiger partial charge < -0.3 is 15.3 Å². The van der Waals surface area contributed by atoms with E-state index in [4.69, 9.17) is 0 Å². The Morgan fingerprint density at radius 3 is 2.39 bits per heavy atom. The molecule has 0 aromatic heterocycles. The van der Waals surface area contributed by atoms with Crippen molar-refractivity contribution in [3.63, 3.8) is 0 Å². The zero-order valence-electron chi connectivity index (χ0n) is 20.7. The maximum absolute atomic E-state index is 13.5. The molecular formula is C27H29F3N2O5S. The molecule has 2 aromatic rings. The average molecular weight is 551 g/mol. The zero-order valence-corrected chi connectivity index (χ0v) is 21.6. The third kappa shape index (κ3) is 4.82. The van der Waals surface area contributed by atoms with Gasteiger partial charge in [0.2, 0.25) is 5.91 Å². The van der Waals surface area contributed by atoms with Crippen LogP contribution in [0.4, 0.5) is 13.2 Å². The molecule has 11 heteroatoms. The summed E-state index contributed by atoms with van der Waals surface area (Å²) in [5, 5.41) is 14.0. The molecule has 38 heavy (non-hydrogen) atoms. The molecular weight excluding hydrogens is 521 g/mol. The van der Waals surface area contributed by atoms with Gasteiger partial charge in [0, 0.05) is 11.6 Å². The first kappa shape index (κ1) is 26.7. The first-order valence-corrected chi connectivity index (χ1v) is 14.3. The second kappa shape index (κ2) is 9.37. The summed E-state index contributed by atoms with van der Waals surface area (Å²) in [4.78, 5) is 28.6. The molecule has 1 aliphatic heterocycles. The molecule has 2 aliphatic carbocycles. The lowest BCUT2D eigenvalue weighted by atomic mass is 9.72. The van der Waals surface area contributed by atoms with E-state index in [2.05, 4.69) is 5.32 Å². The summed E-state index contributed by atoms with van der Waals surface area (Å²) in [5.41, 5.74) is -1.60. The van der Waals surface area contributed by atoms with Crippen LogP contribution in [0.1, 0.15) is 66.6 Å². The number of rotatable bonds is 7. The van der Waals surface area contributed by atoms with Gasteiger partial charge in [0.25, 0.3) is 5.91 Å². The molecule has 2 amide bonds. The van der Waals surface area contributed by atoms with Gasteiger partial charge in [-0.2, -0.15) is 13.2 Å². The lowest BCUT2D eigenvalue weighted by Gasteiger charge is -2.44. The van der Waals surface area contributed by atoms with Crippen molar-refractivity contribution in [3.8, 4) is 0 Å². The maximum Gasteiger partial charge on any atom is 0.416 e. The van der Waals surface area contributed by atoms with Crippen LogP contribution in [-0.2, 0) is 20.8 Å². The van der Waals surface area contributed by atoms with E-state index in [0.717, 1.165) is 25.0 Å². The molecule has 2 N–H and O–H groups in total. The van der Waals surface area contributed by atoms with Crippen LogP contribution in [0, 0.1) is 5.92 Å². The van der Waals surface area contributed by atoms with Crippen LogP contribution in [-0.4, -0.2) is 53.7 Å². The second-order valence-corrected chi connectivity index (χ2v) is 12.8. The number of carbonyl (C=O) groups excluding carboxylic acids is 2. The minimum Gasteiger partial charge on any atom is -0.387 e. The normalized spacial score (nSPS) is 24.8. The van der Waals surface area contributed by atoms with Crippen molar-refractivity contribution < 1.29 is 36.3 Å². The predicted molar refractivity (Wildman–Crippen MR) is 132 cm³/mol. The smallest absolute Gasteiger partial charge is 0.387 e. The average Bonchev–Trinajstić information content (AvgIpc) is 3.54. The van der Waals surface area contributed by atoms with E-state index in [9.17, 15) is 36.3 Å². The standard InChI is InChI=1S/C27H29F3N2O5S/c1-2-38(36,37)20-6-3-5-17(13-20)25(34)32-21-14-18(21)15-22(32)24(33)31-23(26(35)11-4-12-26)16-7-9-19(10-8-16)27(28,29)30/h3,5-10,13,18,21-23,35H,2,4,11-12,14-15H2,1H3,(H,31,33)/t18-,21-,22-,23+/m1/s1. The fraction of sp³-hybridized carbons (Fsp3) is 0.481. The summed E-state index contributed by atoms with van der Waals surface area (Å²) in [7, 11) is -3.53. The van der Waals surface area contributed by atoms with Gasteiger partial charge in [0.15, 0.2) is 9.84 Å². The molecule has 2 saturated carbocycles. The van der Waals surface area contributed by atoms with Gasteiger partial charge in [0.1, 0.15) is 6.04 Å². The van der Waals surface area contributed by atoms with E-state index >= 15 is 0 Å². The third-order valence-corrected chi connectivity index (χ3v) is 9.81. The van der Waals surface area contributed by atoms with Gasteiger partial charge in [-0.3, -0.25) is 9.59 Å². The number of aliphatic hydroxyl groups is 1. The van der Waals surface area contributed by atoms with Crippen LogP contribution in [0.2, 0.25) is 0 Å². The van der Waals surface area contributed by atoms with E-state index in [0.29, 0.717) is 24.8 Å². The minimum absolute atomic E-state index is 0.0352. The van der Waals surface area contributed by atoms with Crippen molar-refractivity contribution >= 4 is 21.7 Å². The molecule has 0 bridgehead atoms. The van der Waals surface area contributed by atoms with Gasteiger partial charge in [-0.25, -0.2) is 8.42 Å². The number of nitrogens with one attached hydrogen (secondary N) is 1. The minimum atomic E-state index is -4.51. The first-order valence-electron chi connectivity index (χ1n) is 12.7. The van der Waals surface area contributed by atoms with Crippen molar-refractivity contribution in [2.45, 2.75) is 73.8 Å². The Morgan fingerprint density at radius 2 is 1.82 bits per heavy atom. The molecule has 1 saturated heterocycles. The van der Waals surface area contributed by atoms with Gasteiger partial charge >= 0.3 is 6.18 Å². The first-order chi connectivity index (χ1) is 17.8. The van der Waals surface area contributed by atoms with Crippen molar-refractivity contribution in [2.24, 2.45) is 5.92 Å². The fourth-order valence-electron chi connectivity index (χ4n) is 5.58. The topological polar surface area (TPSA) is 104 Å². The van der Waals surface area contributed by atoms with Crippen LogP contribution in [0.3, 0.4) is 0 Å². The van der Waals surface area contributed by atoms with Gasteiger partial charge in [-0.15, -0.1) is 0 Å². The Labute approximate surface area is 218 Å². The lowest BCUT2D eigenvalue weighted by molar-refractivity contribution is -0.137. The highest BCUT2D eigenvalue weighted by Crippen LogP contribution is 2.49. The Bertz CT molecular complexity index is 1360. The summed E-state index contributed by atoms with van der Waals surface area (Å²) < 4.78 is 63.9. The molecule has 4 atom stereocenters. The second-order valence-electron chi connectivity index (χ2n) is 10.5. The van der Waals surface area contributed by atoms with Crippen molar-refractivity contribution in [1.29, 1.82) is 0 Å². The van der Waals surface area contributed by atoms with Crippen LogP contribution in [0.5, 0.6) is 0 Å². The number of fused-ring (bicyclic) bond motifs is 1. The van der Waals surface area contributed by atoms with Crippen molar-refractivity contribution in [2.75, 3.05) is 5.75 Å². The number of hydrogen-bond acceptors (Lipinski definition) is 5. The largest absolute Gasteiger partial charge is 0.416 e. The predicted octanol–water partition coefficient (Wildman–Crippen LogP) is 3.87. The maximum atomic E-state index is 13.5. The number of sulfone groups is 1. The molecule has 3 fully saturated rings. The van der Waals surface area contributed by atoms with Crippen molar-refractivity contribution in [3.05, 3.63) is 65.2 Å². The summed E-state index contributed by atoms with van der Waals surface area (Å²) in [5.74, 6) is -0.906. The third-order valence-electron chi connectivity index (χ3n) is 8.08.